The van der Waals surface area contributed by atoms with E-state index >= 15 is 0 Å². The van der Waals surface area contributed by atoms with Gasteiger partial charge in [-0.15, -0.1) is 0 Å². The number of ether oxygens (including phenoxy) is 1. The Balaban J connectivity index is 1.79. The van der Waals surface area contributed by atoms with E-state index in [1.807, 2.05) is 0 Å². The smallest absolute Gasteiger partial charge is 0.312 e. The van der Waals surface area contributed by atoms with Crippen LogP contribution in [0.3, 0.4) is 0 Å². The summed E-state index contributed by atoms with van der Waals surface area (Å²) in [5, 5.41) is 2.44. The van der Waals surface area contributed by atoms with Gasteiger partial charge in [0.15, 0.2) is 34.4 Å². The van der Waals surface area contributed by atoms with Gasteiger partial charge in [-0.3, -0.25) is 4.57 Å². The van der Waals surface area contributed by atoms with Crippen molar-refractivity contribution in [3.8, 4) is 0 Å². The van der Waals surface area contributed by atoms with Gasteiger partial charge in [0, 0.05) is 6.61 Å². The van der Waals surface area contributed by atoms with E-state index in [0.717, 1.165) is 25.0 Å². The predicted molar refractivity (Wildman–Crippen MR) is 79.1 cm³/mol. The summed E-state index contributed by atoms with van der Waals surface area (Å²) in [5.74, 6) is -4.57. The van der Waals surface area contributed by atoms with Crippen molar-refractivity contribution in [3.05, 3.63) is 42.0 Å². The number of aromatic nitrogens is 4. The van der Waals surface area contributed by atoms with Gasteiger partial charge < -0.3 is 10.1 Å². The lowest BCUT2D eigenvalue weighted by molar-refractivity contribution is 0.0592. The van der Waals surface area contributed by atoms with Crippen LogP contribution in [0.5, 0.6) is 0 Å². The molecule has 0 saturated carbocycles. The van der Waals surface area contributed by atoms with Crippen LogP contribution in [0.1, 0.15) is 19.1 Å². The molecule has 1 aromatic carbocycles. The summed E-state index contributed by atoms with van der Waals surface area (Å²) in [6.45, 7) is 0.573. The van der Waals surface area contributed by atoms with Gasteiger partial charge in [0.1, 0.15) is 6.23 Å². The van der Waals surface area contributed by atoms with Gasteiger partial charge in [-0.1, -0.05) is 0 Å². The van der Waals surface area contributed by atoms with Crippen LogP contribution >= 0.6 is 0 Å². The molecule has 0 bridgehead atoms. The Labute approximate surface area is 138 Å². The van der Waals surface area contributed by atoms with Crippen LogP contribution < -0.4 is 5.32 Å². The summed E-state index contributed by atoms with van der Waals surface area (Å²) < 4.78 is 61.1. The maximum Gasteiger partial charge on any atom is 0.312 e. The fourth-order valence-corrected chi connectivity index (χ4v) is 2.72. The van der Waals surface area contributed by atoms with Crippen LogP contribution in [0.25, 0.3) is 11.2 Å². The van der Waals surface area contributed by atoms with Crippen LogP contribution in [0, 0.1) is 23.5 Å². The lowest BCUT2D eigenvalue weighted by atomic mass is 10.2. The Morgan fingerprint density at radius 3 is 2.72 bits per heavy atom. The molecule has 1 N–H and O–H groups in total. The number of benzene rings is 1. The van der Waals surface area contributed by atoms with Gasteiger partial charge in [-0.2, -0.15) is 14.4 Å². The molecule has 1 aliphatic heterocycles. The Kier molecular flexibility index (Phi) is 3.75. The van der Waals surface area contributed by atoms with Crippen LogP contribution in [-0.2, 0) is 4.74 Å². The lowest BCUT2D eigenvalue weighted by Crippen LogP contribution is -2.08. The Hall–Kier alpha value is -2.75. The molecular weight excluding hydrogens is 342 g/mol. The Morgan fingerprint density at radius 2 is 1.96 bits per heavy atom. The minimum atomic E-state index is -1.64. The second-order valence-corrected chi connectivity index (χ2v) is 5.48. The topological polar surface area (TPSA) is 64.9 Å². The van der Waals surface area contributed by atoms with Gasteiger partial charge in [0.25, 0.3) is 0 Å². The van der Waals surface area contributed by atoms with Gasteiger partial charge in [0.05, 0.1) is 12.0 Å². The zero-order valence-electron chi connectivity index (χ0n) is 12.6. The van der Waals surface area contributed by atoms with E-state index in [1.165, 1.54) is 6.33 Å². The number of imidazole rings is 1. The molecule has 1 atom stereocenters. The molecule has 0 spiro atoms. The van der Waals surface area contributed by atoms with E-state index in [4.69, 9.17) is 4.74 Å². The van der Waals surface area contributed by atoms with Gasteiger partial charge in [-0.05, 0) is 25.0 Å². The highest BCUT2D eigenvalue weighted by Gasteiger charge is 2.23. The summed E-state index contributed by atoms with van der Waals surface area (Å²) in [7, 11) is 0. The maximum absolute atomic E-state index is 13.8. The normalized spacial score (nSPS) is 17.4. The van der Waals surface area contributed by atoms with Gasteiger partial charge in [-0.25, -0.2) is 18.2 Å². The molecule has 4 rings (SSSR count). The molecule has 0 amide bonds. The first-order valence-electron chi connectivity index (χ1n) is 7.47. The molecule has 1 unspecified atom stereocenters. The van der Waals surface area contributed by atoms with E-state index in [0.29, 0.717) is 6.61 Å². The minimum Gasteiger partial charge on any atom is -0.358 e. The summed E-state index contributed by atoms with van der Waals surface area (Å²) in [4.78, 5) is 11.4. The molecule has 1 saturated heterocycles. The standard InChI is InChI=1S/C15H11F4N5O/c16-7-3-4-8(11(18)10(7)17)21-13-12-14(23-15(19)22-13)24(6-20-12)9-2-1-5-25-9/h3-4,6,9H,1-2,5H2,(H,21,22,23). The van der Waals surface area contributed by atoms with E-state index in [9.17, 15) is 17.6 Å². The molecule has 10 heteroatoms. The molecule has 25 heavy (non-hydrogen) atoms. The zero-order chi connectivity index (χ0) is 17.6. The highest BCUT2D eigenvalue weighted by molar-refractivity contribution is 5.85. The number of halogens is 4. The van der Waals surface area contributed by atoms with Crippen molar-refractivity contribution >= 4 is 22.7 Å². The third-order valence-corrected chi connectivity index (χ3v) is 3.90. The average molecular weight is 353 g/mol. The zero-order valence-corrected chi connectivity index (χ0v) is 12.6. The van der Waals surface area contributed by atoms with Crippen molar-refractivity contribution in [2.45, 2.75) is 19.1 Å². The van der Waals surface area contributed by atoms with E-state index in [-0.39, 0.29) is 23.2 Å². The van der Waals surface area contributed by atoms with E-state index in [1.54, 1.807) is 4.57 Å². The Morgan fingerprint density at radius 1 is 1.12 bits per heavy atom. The molecular formula is C15H11F4N5O. The lowest BCUT2D eigenvalue weighted by Gasteiger charge is -2.12. The number of anilines is 2. The SMILES string of the molecule is Fc1nc(Nc2ccc(F)c(F)c2F)c2ncn(C3CCCO3)c2n1. The van der Waals surface area contributed by atoms with Crippen LogP contribution in [-0.4, -0.2) is 26.1 Å². The second kappa shape index (κ2) is 5.96. The molecule has 0 radical (unpaired) electrons. The van der Waals surface area contributed by atoms with Crippen LogP contribution in [0.15, 0.2) is 18.5 Å². The summed E-state index contributed by atoms with van der Waals surface area (Å²) in [6, 6.07) is 1.73. The minimum absolute atomic E-state index is 0.154. The molecule has 6 nitrogen and oxygen atoms in total. The first-order chi connectivity index (χ1) is 12.0. The van der Waals surface area contributed by atoms with Crippen molar-refractivity contribution in [3.63, 3.8) is 0 Å². The molecule has 1 fully saturated rings. The van der Waals surface area contributed by atoms with E-state index < -0.39 is 29.2 Å². The predicted octanol–water partition coefficient (Wildman–Crippen LogP) is 3.44. The van der Waals surface area contributed by atoms with Gasteiger partial charge in [0.2, 0.25) is 0 Å². The van der Waals surface area contributed by atoms with Gasteiger partial charge >= 0.3 is 6.08 Å². The molecule has 3 aromatic rings. The monoisotopic (exact) mass is 353 g/mol. The maximum atomic E-state index is 13.8. The van der Waals surface area contributed by atoms with Crippen molar-refractivity contribution < 1.29 is 22.3 Å². The first kappa shape index (κ1) is 15.8. The molecule has 3 heterocycles. The number of hydrogen-bond donors (Lipinski definition) is 1. The first-order valence-corrected chi connectivity index (χ1v) is 7.47. The van der Waals surface area contributed by atoms with Crippen molar-refractivity contribution in [2.24, 2.45) is 0 Å². The summed E-state index contributed by atoms with van der Waals surface area (Å²) in [6.07, 6.45) is 1.59. The molecule has 130 valence electrons. The Bertz CT molecular complexity index is 955. The van der Waals surface area contributed by atoms with Crippen molar-refractivity contribution in [1.82, 2.24) is 19.5 Å². The van der Waals surface area contributed by atoms with E-state index in [2.05, 4.69) is 20.3 Å². The van der Waals surface area contributed by atoms with Crippen molar-refractivity contribution in [1.29, 1.82) is 0 Å². The molecule has 2 aromatic heterocycles. The fraction of sp³-hybridized carbons (Fsp3) is 0.267. The van der Waals surface area contributed by atoms with Crippen molar-refractivity contribution in [2.75, 3.05) is 11.9 Å². The number of hydrogen-bond acceptors (Lipinski definition) is 5. The second-order valence-electron chi connectivity index (χ2n) is 5.48. The number of nitrogens with zero attached hydrogens (tertiary/aromatic N) is 4. The summed E-state index contributed by atoms with van der Waals surface area (Å²) >= 11 is 0. The highest BCUT2D eigenvalue weighted by atomic mass is 19.2. The van der Waals surface area contributed by atoms with Crippen LogP contribution in [0.4, 0.5) is 29.1 Å². The quantitative estimate of drug-likeness (QED) is 0.444. The number of nitrogens with one attached hydrogen (secondary N) is 1. The van der Waals surface area contributed by atoms with Crippen LogP contribution in [0.2, 0.25) is 0 Å². The third kappa shape index (κ3) is 2.68. The largest absolute Gasteiger partial charge is 0.358 e. The third-order valence-electron chi connectivity index (χ3n) is 3.90. The number of rotatable bonds is 3. The fourth-order valence-electron chi connectivity index (χ4n) is 2.72. The number of fused-ring (bicyclic) bond motifs is 1. The molecule has 0 aliphatic carbocycles. The highest BCUT2D eigenvalue weighted by Crippen LogP contribution is 2.30. The molecule has 1 aliphatic rings. The average Bonchev–Trinajstić information content (AvgIpc) is 3.24. The summed E-state index contributed by atoms with van der Waals surface area (Å²) in [5.41, 5.74) is -0.0871.